The van der Waals surface area contributed by atoms with Gasteiger partial charge in [-0.3, -0.25) is 4.90 Å². The Morgan fingerprint density at radius 1 is 1.04 bits per heavy atom. The summed E-state index contributed by atoms with van der Waals surface area (Å²) in [5.74, 6) is -0.205. The average Bonchev–Trinajstić information content (AvgIpc) is 2.95. The number of rotatable bonds is 4. The Balaban J connectivity index is 1.31. The number of thioether (sulfide) groups is 1. The van der Waals surface area contributed by atoms with Crippen molar-refractivity contribution < 1.29 is 4.39 Å². The summed E-state index contributed by atoms with van der Waals surface area (Å²) in [6.45, 7) is 5.87. The molecular weight excluding hydrogens is 371 g/mol. The topological polar surface area (TPSA) is 35.7 Å². The minimum atomic E-state index is -0.205. The van der Waals surface area contributed by atoms with Crippen LogP contribution in [0.15, 0.2) is 47.4 Å². The van der Waals surface area contributed by atoms with Crippen LogP contribution in [0.3, 0.4) is 0 Å². The first-order valence-electron chi connectivity index (χ1n) is 8.81. The number of hydrogen-bond acceptors (Lipinski definition) is 5. The van der Waals surface area contributed by atoms with E-state index in [0.29, 0.717) is 0 Å². The molecule has 4 rings (SSSR count). The second kappa shape index (κ2) is 7.64. The number of nitrogens with zero attached hydrogens (tertiary/aromatic N) is 3. The standard InChI is InChI=1S/C19H22ClFN4S/c20-14-1-4-16(5-2-14)24-10-7-23(8-11-24)9-12-25-17-6-3-15(21)13-18(17)26-19(25)22/h1-6,13,19H,7-12,22H2. The maximum Gasteiger partial charge on any atom is 0.130 e. The Bertz CT molecular complexity index is 765. The van der Waals surface area contributed by atoms with E-state index in [1.165, 1.54) is 23.5 Å². The molecule has 1 saturated heterocycles. The maximum absolute atomic E-state index is 13.4. The van der Waals surface area contributed by atoms with Gasteiger partial charge in [0.2, 0.25) is 0 Å². The van der Waals surface area contributed by atoms with Gasteiger partial charge >= 0.3 is 0 Å². The van der Waals surface area contributed by atoms with Gasteiger partial charge < -0.3 is 15.5 Å². The molecule has 2 aromatic carbocycles. The van der Waals surface area contributed by atoms with E-state index in [-0.39, 0.29) is 11.3 Å². The van der Waals surface area contributed by atoms with Crippen LogP contribution in [0.5, 0.6) is 0 Å². The van der Waals surface area contributed by atoms with Crippen LogP contribution >= 0.6 is 23.4 Å². The third-order valence-electron chi connectivity index (χ3n) is 5.01. The van der Waals surface area contributed by atoms with E-state index < -0.39 is 0 Å². The first-order chi connectivity index (χ1) is 12.6. The molecule has 2 aliphatic heterocycles. The zero-order chi connectivity index (χ0) is 18.1. The average molecular weight is 393 g/mol. The zero-order valence-corrected chi connectivity index (χ0v) is 16.0. The fourth-order valence-corrected chi connectivity index (χ4v) is 4.75. The first-order valence-corrected chi connectivity index (χ1v) is 10.1. The van der Waals surface area contributed by atoms with E-state index >= 15 is 0 Å². The summed E-state index contributed by atoms with van der Waals surface area (Å²) in [5, 5.41) is 0.771. The normalized spacial score (nSPS) is 20.5. The number of halogens is 2. The number of benzene rings is 2. The highest BCUT2D eigenvalue weighted by Crippen LogP contribution is 2.41. The highest BCUT2D eigenvalue weighted by atomic mass is 35.5. The summed E-state index contributed by atoms with van der Waals surface area (Å²) >= 11 is 7.49. The molecule has 1 fully saturated rings. The SMILES string of the molecule is NC1Sc2cc(F)ccc2N1CCN1CCN(c2ccc(Cl)cc2)CC1. The fourth-order valence-electron chi connectivity index (χ4n) is 3.53. The number of piperazine rings is 1. The van der Waals surface area contributed by atoms with Crippen LogP contribution < -0.4 is 15.5 Å². The molecule has 2 N–H and O–H groups in total. The number of nitrogens with two attached hydrogens (primary N) is 1. The molecule has 1 unspecified atom stereocenters. The monoisotopic (exact) mass is 392 g/mol. The van der Waals surface area contributed by atoms with Crippen molar-refractivity contribution in [2.45, 2.75) is 10.4 Å². The smallest absolute Gasteiger partial charge is 0.130 e. The van der Waals surface area contributed by atoms with Gasteiger partial charge in [-0.25, -0.2) is 4.39 Å². The van der Waals surface area contributed by atoms with E-state index in [0.717, 1.165) is 54.9 Å². The Morgan fingerprint density at radius 2 is 1.77 bits per heavy atom. The molecular formula is C19H22ClFN4S. The Labute approximate surface area is 162 Å². The molecule has 7 heteroatoms. The second-order valence-electron chi connectivity index (χ2n) is 6.62. The quantitative estimate of drug-likeness (QED) is 0.862. The highest BCUT2D eigenvalue weighted by molar-refractivity contribution is 8.00. The van der Waals surface area contributed by atoms with E-state index in [4.69, 9.17) is 17.3 Å². The Morgan fingerprint density at radius 3 is 2.50 bits per heavy atom. The predicted molar refractivity (Wildman–Crippen MR) is 108 cm³/mol. The fraction of sp³-hybridized carbons (Fsp3) is 0.368. The number of hydrogen-bond donors (Lipinski definition) is 1. The van der Waals surface area contributed by atoms with E-state index in [2.05, 4.69) is 26.8 Å². The third kappa shape index (κ3) is 3.78. The van der Waals surface area contributed by atoms with Gasteiger partial charge in [0.1, 0.15) is 11.3 Å². The Kier molecular flexibility index (Phi) is 5.27. The molecule has 0 spiro atoms. The molecule has 0 aromatic heterocycles. The molecule has 0 saturated carbocycles. The van der Waals surface area contributed by atoms with Gasteiger partial charge in [0.15, 0.2) is 0 Å². The van der Waals surface area contributed by atoms with Crippen molar-refractivity contribution in [3.8, 4) is 0 Å². The molecule has 1 atom stereocenters. The van der Waals surface area contributed by atoms with E-state index in [1.54, 1.807) is 6.07 Å². The van der Waals surface area contributed by atoms with Crippen LogP contribution in [0.2, 0.25) is 5.02 Å². The lowest BCUT2D eigenvalue weighted by molar-refractivity contribution is 0.262. The van der Waals surface area contributed by atoms with Gasteiger partial charge in [0.25, 0.3) is 0 Å². The summed E-state index contributed by atoms with van der Waals surface area (Å²) < 4.78 is 13.4. The van der Waals surface area contributed by atoms with Crippen LogP contribution in [-0.4, -0.2) is 49.7 Å². The largest absolute Gasteiger partial charge is 0.369 e. The molecule has 0 amide bonds. The highest BCUT2D eigenvalue weighted by Gasteiger charge is 2.28. The van der Waals surface area contributed by atoms with Crippen LogP contribution in [0.4, 0.5) is 15.8 Å². The minimum Gasteiger partial charge on any atom is -0.369 e. The van der Waals surface area contributed by atoms with Gasteiger partial charge in [-0.1, -0.05) is 23.4 Å². The molecule has 26 heavy (non-hydrogen) atoms. The summed E-state index contributed by atoms with van der Waals surface area (Å²) in [6, 6.07) is 13.0. The second-order valence-corrected chi connectivity index (χ2v) is 8.21. The summed E-state index contributed by atoms with van der Waals surface area (Å²) in [5.41, 5.74) is 8.37. The molecule has 0 bridgehead atoms. The van der Waals surface area contributed by atoms with Gasteiger partial charge in [-0.05, 0) is 42.5 Å². The molecule has 138 valence electrons. The zero-order valence-electron chi connectivity index (χ0n) is 14.4. The molecule has 4 nitrogen and oxygen atoms in total. The van der Waals surface area contributed by atoms with Crippen LogP contribution in [-0.2, 0) is 0 Å². The predicted octanol–water partition coefficient (Wildman–Crippen LogP) is 3.46. The number of anilines is 2. The van der Waals surface area contributed by atoms with E-state index in [9.17, 15) is 4.39 Å². The number of fused-ring (bicyclic) bond motifs is 1. The lowest BCUT2D eigenvalue weighted by atomic mass is 10.2. The van der Waals surface area contributed by atoms with Gasteiger partial charge in [0.05, 0.1) is 5.69 Å². The minimum absolute atomic E-state index is 0.137. The molecule has 2 heterocycles. The van der Waals surface area contributed by atoms with Crippen LogP contribution in [0.25, 0.3) is 0 Å². The van der Waals surface area contributed by atoms with Crippen molar-refractivity contribution in [3.63, 3.8) is 0 Å². The van der Waals surface area contributed by atoms with Crippen molar-refractivity contribution in [3.05, 3.63) is 53.3 Å². The Hall–Kier alpha value is -1.47. The molecule has 2 aromatic rings. The first kappa shape index (κ1) is 17.9. The summed E-state index contributed by atoms with van der Waals surface area (Å²) in [4.78, 5) is 7.96. The van der Waals surface area contributed by atoms with Crippen LogP contribution in [0.1, 0.15) is 0 Å². The van der Waals surface area contributed by atoms with Crippen molar-refractivity contribution in [1.82, 2.24) is 4.90 Å². The van der Waals surface area contributed by atoms with Crippen molar-refractivity contribution >= 4 is 34.7 Å². The van der Waals surface area contributed by atoms with Crippen LogP contribution in [0, 0.1) is 5.82 Å². The molecule has 0 aliphatic carbocycles. The molecule has 0 radical (unpaired) electrons. The van der Waals surface area contributed by atoms with Crippen molar-refractivity contribution in [2.75, 3.05) is 49.1 Å². The maximum atomic E-state index is 13.4. The lowest BCUT2D eigenvalue weighted by Gasteiger charge is -2.37. The van der Waals surface area contributed by atoms with Crippen molar-refractivity contribution in [2.24, 2.45) is 5.73 Å². The van der Waals surface area contributed by atoms with E-state index in [1.807, 2.05) is 18.2 Å². The van der Waals surface area contributed by atoms with Crippen molar-refractivity contribution in [1.29, 1.82) is 0 Å². The van der Waals surface area contributed by atoms with Gasteiger partial charge in [-0.2, -0.15) is 0 Å². The van der Waals surface area contributed by atoms with Gasteiger partial charge in [-0.15, -0.1) is 0 Å². The summed E-state index contributed by atoms with van der Waals surface area (Å²) in [7, 11) is 0. The third-order valence-corrected chi connectivity index (χ3v) is 6.34. The lowest BCUT2D eigenvalue weighted by Crippen LogP contribution is -2.49. The van der Waals surface area contributed by atoms with Gasteiger partial charge in [0, 0.05) is 54.9 Å². The molecule has 2 aliphatic rings. The summed E-state index contributed by atoms with van der Waals surface area (Å²) in [6.07, 6.45) is 0.